The van der Waals surface area contributed by atoms with E-state index in [4.69, 9.17) is 21.4 Å². The quantitative estimate of drug-likeness (QED) is 0.925. The lowest BCUT2D eigenvalue weighted by molar-refractivity contribution is 0.0689. The van der Waals surface area contributed by atoms with Crippen LogP contribution in [0.25, 0.3) is 11.3 Å². The number of hydrogen-bond donors (Lipinski definition) is 1. The Labute approximate surface area is 127 Å². The largest absolute Gasteiger partial charge is 0.486 e. The predicted molar refractivity (Wildman–Crippen MR) is 79.0 cm³/mol. The molecule has 2 heterocycles. The van der Waals surface area contributed by atoms with Crippen LogP contribution in [0, 0.1) is 0 Å². The summed E-state index contributed by atoms with van der Waals surface area (Å²) in [4.78, 5) is 11.0. The Morgan fingerprint density at radius 3 is 2.76 bits per heavy atom. The zero-order valence-corrected chi connectivity index (χ0v) is 12.7. The van der Waals surface area contributed by atoms with E-state index < -0.39 is 5.97 Å². The molecule has 1 aromatic heterocycles. The first kappa shape index (κ1) is 13.9. The van der Waals surface area contributed by atoms with Crippen molar-refractivity contribution in [3.8, 4) is 17.0 Å². The van der Waals surface area contributed by atoms with Crippen molar-refractivity contribution in [1.29, 1.82) is 0 Å². The SMILES string of the molecule is Cn1nc(C(=O)O)cc1-c1cc(Cl)c2c(c1)CC(C)(C)O2. The molecule has 0 saturated carbocycles. The first-order valence-electron chi connectivity index (χ1n) is 6.56. The van der Waals surface area contributed by atoms with Gasteiger partial charge in [-0.25, -0.2) is 4.79 Å². The van der Waals surface area contributed by atoms with Crippen LogP contribution in [0.4, 0.5) is 0 Å². The molecule has 5 nitrogen and oxygen atoms in total. The predicted octanol–water partition coefficient (Wildman–Crippen LogP) is 3.15. The van der Waals surface area contributed by atoms with Crippen molar-refractivity contribution in [1.82, 2.24) is 9.78 Å². The fraction of sp³-hybridized carbons (Fsp3) is 0.333. The van der Waals surface area contributed by atoms with Crippen molar-refractivity contribution in [2.24, 2.45) is 7.05 Å². The highest BCUT2D eigenvalue weighted by molar-refractivity contribution is 6.32. The second kappa shape index (κ2) is 4.49. The Balaban J connectivity index is 2.10. The summed E-state index contributed by atoms with van der Waals surface area (Å²) in [5.74, 6) is -0.334. The number of aryl methyl sites for hydroxylation is 1. The van der Waals surface area contributed by atoms with Gasteiger partial charge in [-0.15, -0.1) is 0 Å². The van der Waals surface area contributed by atoms with E-state index in [-0.39, 0.29) is 11.3 Å². The van der Waals surface area contributed by atoms with Gasteiger partial charge in [0.05, 0.1) is 10.7 Å². The number of aromatic carboxylic acids is 1. The maximum absolute atomic E-state index is 11.0. The van der Waals surface area contributed by atoms with Gasteiger partial charge in [0.25, 0.3) is 0 Å². The smallest absolute Gasteiger partial charge is 0.356 e. The van der Waals surface area contributed by atoms with Crippen molar-refractivity contribution in [3.63, 3.8) is 0 Å². The first-order chi connectivity index (χ1) is 9.77. The van der Waals surface area contributed by atoms with Crippen molar-refractivity contribution >= 4 is 17.6 Å². The molecule has 0 amide bonds. The van der Waals surface area contributed by atoms with E-state index in [2.05, 4.69) is 5.10 Å². The number of carbonyl (C=O) groups is 1. The molecule has 110 valence electrons. The van der Waals surface area contributed by atoms with Crippen LogP contribution in [0.15, 0.2) is 18.2 Å². The van der Waals surface area contributed by atoms with Crippen LogP contribution < -0.4 is 4.74 Å². The molecule has 0 radical (unpaired) electrons. The molecule has 0 bridgehead atoms. The highest BCUT2D eigenvalue weighted by Gasteiger charge is 2.32. The van der Waals surface area contributed by atoms with E-state index >= 15 is 0 Å². The van der Waals surface area contributed by atoms with Crippen LogP contribution in [0.3, 0.4) is 0 Å². The Kier molecular flexibility index (Phi) is 2.99. The first-order valence-corrected chi connectivity index (χ1v) is 6.94. The maximum atomic E-state index is 11.0. The number of carboxylic acids is 1. The van der Waals surface area contributed by atoms with Gasteiger partial charge in [0.15, 0.2) is 5.69 Å². The Hall–Kier alpha value is -2.01. The van der Waals surface area contributed by atoms with Gasteiger partial charge in [-0.3, -0.25) is 4.68 Å². The Bertz CT molecular complexity index is 750. The molecule has 21 heavy (non-hydrogen) atoms. The minimum absolute atomic E-state index is 0.0145. The molecule has 0 atom stereocenters. The van der Waals surface area contributed by atoms with Crippen LogP contribution in [0.5, 0.6) is 5.75 Å². The van der Waals surface area contributed by atoms with Crippen molar-refractivity contribution in [2.45, 2.75) is 25.9 Å². The molecule has 0 aliphatic carbocycles. The number of rotatable bonds is 2. The number of ether oxygens (including phenoxy) is 1. The second-order valence-electron chi connectivity index (χ2n) is 5.83. The Morgan fingerprint density at radius 2 is 2.14 bits per heavy atom. The number of fused-ring (bicyclic) bond motifs is 1. The van der Waals surface area contributed by atoms with Gasteiger partial charge in [0.2, 0.25) is 0 Å². The van der Waals surface area contributed by atoms with Gasteiger partial charge in [0.1, 0.15) is 11.4 Å². The maximum Gasteiger partial charge on any atom is 0.356 e. The normalized spacial score (nSPS) is 15.6. The third kappa shape index (κ3) is 2.38. The summed E-state index contributed by atoms with van der Waals surface area (Å²) in [6.07, 6.45) is 0.763. The minimum atomic E-state index is -1.05. The summed E-state index contributed by atoms with van der Waals surface area (Å²) < 4.78 is 7.39. The van der Waals surface area contributed by atoms with Crippen molar-refractivity contribution < 1.29 is 14.6 Å². The Morgan fingerprint density at radius 1 is 1.43 bits per heavy atom. The average Bonchev–Trinajstić information content (AvgIpc) is 2.88. The monoisotopic (exact) mass is 306 g/mol. The summed E-state index contributed by atoms with van der Waals surface area (Å²) in [6.45, 7) is 4.02. The van der Waals surface area contributed by atoms with Crippen LogP contribution in [0.2, 0.25) is 5.02 Å². The third-order valence-corrected chi connectivity index (χ3v) is 3.79. The molecular weight excluding hydrogens is 292 g/mol. The van der Waals surface area contributed by atoms with Crippen molar-refractivity contribution in [3.05, 3.63) is 34.5 Å². The number of hydrogen-bond acceptors (Lipinski definition) is 3. The van der Waals surface area contributed by atoms with Crippen LogP contribution in [0.1, 0.15) is 29.9 Å². The molecule has 0 spiro atoms. The molecule has 2 aromatic rings. The van der Waals surface area contributed by atoms with E-state index in [1.54, 1.807) is 23.9 Å². The topological polar surface area (TPSA) is 64.4 Å². The number of halogens is 1. The zero-order chi connectivity index (χ0) is 15.4. The molecule has 1 N–H and O–H groups in total. The van der Waals surface area contributed by atoms with E-state index in [0.29, 0.717) is 16.5 Å². The summed E-state index contributed by atoms with van der Waals surface area (Å²) in [6, 6.07) is 5.31. The van der Waals surface area contributed by atoms with Gasteiger partial charge in [-0.1, -0.05) is 11.6 Å². The van der Waals surface area contributed by atoms with E-state index in [1.807, 2.05) is 19.9 Å². The summed E-state index contributed by atoms with van der Waals surface area (Å²) in [5, 5.41) is 13.5. The summed E-state index contributed by atoms with van der Waals surface area (Å²) in [7, 11) is 1.71. The summed E-state index contributed by atoms with van der Waals surface area (Å²) in [5.41, 5.74) is 2.31. The molecule has 0 fully saturated rings. The van der Waals surface area contributed by atoms with E-state index in [1.165, 1.54) is 0 Å². The number of aromatic nitrogens is 2. The lowest BCUT2D eigenvalue weighted by Crippen LogP contribution is -2.24. The number of benzene rings is 1. The van der Waals surface area contributed by atoms with Gasteiger partial charge < -0.3 is 9.84 Å². The van der Waals surface area contributed by atoms with Gasteiger partial charge in [-0.05, 0) is 32.0 Å². The van der Waals surface area contributed by atoms with Gasteiger partial charge in [0, 0.05) is 24.6 Å². The summed E-state index contributed by atoms with van der Waals surface area (Å²) >= 11 is 6.30. The highest BCUT2D eigenvalue weighted by atomic mass is 35.5. The molecule has 1 aliphatic rings. The number of carboxylic acid groups (broad SMARTS) is 1. The molecule has 0 saturated heterocycles. The molecule has 0 unspecified atom stereocenters. The highest BCUT2D eigenvalue weighted by Crippen LogP contribution is 2.42. The molecule has 1 aromatic carbocycles. The van der Waals surface area contributed by atoms with Crippen LogP contribution >= 0.6 is 11.6 Å². The third-order valence-electron chi connectivity index (χ3n) is 3.51. The minimum Gasteiger partial charge on any atom is -0.486 e. The van der Waals surface area contributed by atoms with E-state index in [0.717, 1.165) is 17.5 Å². The molecule has 1 aliphatic heterocycles. The van der Waals surface area contributed by atoms with Crippen LogP contribution in [-0.2, 0) is 13.5 Å². The lowest BCUT2D eigenvalue weighted by Gasteiger charge is -2.17. The number of nitrogens with zero attached hydrogens (tertiary/aromatic N) is 2. The molecule has 6 heteroatoms. The van der Waals surface area contributed by atoms with Crippen molar-refractivity contribution in [2.75, 3.05) is 0 Å². The fourth-order valence-corrected chi connectivity index (χ4v) is 2.93. The second-order valence-corrected chi connectivity index (χ2v) is 6.24. The zero-order valence-electron chi connectivity index (χ0n) is 12.0. The average molecular weight is 307 g/mol. The molecule has 3 rings (SSSR count). The van der Waals surface area contributed by atoms with Crippen LogP contribution in [-0.4, -0.2) is 26.5 Å². The lowest BCUT2D eigenvalue weighted by atomic mass is 9.99. The van der Waals surface area contributed by atoms with Gasteiger partial charge in [-0.2, -0.15) is 5.10 Å². The van der Waals surface area contributed by atoms with E-state index in [9.17, 15) is 4.79 Å². The molecular formula is C15H15ClN2O3. The standard InChI is InChI=1S/C15H15ClN2O3/c1-15(2)7-9-4-8(5-10(16)13(9)21-15)12-6-11(14(19)20)17-18(12)3/h4-6H,7H2,1-3H3,(H,19,20). The van der Waals surface area contributed by atoms with Gasteiger partial charge >= 0.3 is 5.97 Å². The fourth-order valence-electron chi connectivity index (χ4n) is 2.66.